The van der Waals surface area contributed by atoms with E-state index in [1.807, 2.05) is 0 Å². The summed E-state index contributed by atoms with van der Waals surface area (Å²) >= 11 is 0. The van der Waals surface area contributed by atoms with Gasteiger partial charge in [0.15, 0.2) is 0 Å². The second kappa shape index (κ2) is 6.40. The first-order chi connectivity index (χ1) is 9.10. The van der Waals surface area contributed by atoms with Crippen LogP contribution in [0.25, 0.3) is 0 Å². The van der Waals surface area contributed by atoms with E-state index in [2.05, 4.69) is 4.74 Å². The van der Waals surface area contributed by atoms with Crippen molar-refractivity contribution in [3.8, 4) is 0 Å². The van der Waals surface area contributed by atoms with E-state index in [1.54, 1.807) is 6.92 Å². The molecule has 0 N–H and O–H groups in total. The molecule has 0 spiro atoms. The number of esters is 1. The molecule has 0 aliphatic carbocycles. The maximum Gasteiger partial charge on any atom is 0.309 e. The van der Waals surface area contributed by atoms with Gasteiger partial charge in [-0.1, -0.05) is 6.92 Å². The lowest BCUT2D eigenvalue weighted by Gasteiger charge is -2.28. The van der Waals surface area contributed by atoms with Gasteiger partial charge in [-0.2, -0.15) is 0 Å². The first-order valence-corrected chi connectivity index (χ1v) is 9.66. The van der Waals surface area contributed by atoms with Gasteiger partial charge < -0.3 is 4.74 Å². The highest BCUT2D eigenvalue weighted by Crippen LogP contribution is 2.22. The Morgan fingerprint density at radius 2 is 1.85 bits per heavy atom. The third-order valence-electron chi connectivity index (χ3n) is 3.49. The van der Waals surface area contributed by atoms with Crippen LogP contribution in [0.15, 0.2) is 0 Å². The van der Waals surface area contributed by atoms with Crippen LogP contribution >= 0.6 is 0 Å². The van der Waals surface area contributed by atoms with E-state index < -0.39 is 37.0 Å². The van der Waals surface area contributed by atoms with E-state index in [-0.39, 0.29) is 30.9 Å². The zero-order valence-corrected chi connectivity index (χ0v) is 13.5. The highest BCUT2D eigenvalue weighted by molar-refractivity contribution is 7.92. The average molecular weight is 327 g/mol. The van der Waals surface area contributed by atoms with Gasteiger partial charge in [-0.05, 0) is 12.8 Å². The van der Waals surface area contributed by atoms with Crippen LogP contribution in [0.4, 0.5) is 0 Å². The van der Waals surface area contributed by atoms with Crippen molar-refractivity contribution in [3.05, 3.63) is 0 Å². The normalized spacial score (nSPS) is 21.6. The minimum atomic E-state index is -3.59. The van der Waals surface area contributed by atoms with E-state index in [1.165, 1.54) is 14.2 Å². The third-order valence-corrected chi connectivity index (χ3v) is 7.54. The van der Waals surface area contributed by atoms with Gasteiger partial charge in [0.05, 0.1) is 29.8 Å². The van der Waals surface area contributed by atoms with Crippen molar-refractivity contribution in [1.29, 1.82) is 0 Å². The SMILES string of the molecule is COC(=O)C(C)CN(C)S(=O)(=O)C1CCS(=O)(=O)CC1. The number of methoxy groups -OCH3 is 1. The molecule has 7 nitrogen and oxygen atoms in total. The molecule has 0 aromatic rings. The monoisotopic (exact) mass is 327 g/mol. The maximum atomic E-state index is 12.3. The van der Waals surface area contributed by atoms with Gasteiger partial charge in [0, 0.05) is 13.6 Å². The van der Waals surface area contributed by atoms with Gasteiger partial charge in [0.2, 0.25) is 10.0 Å². The third kappa shape index (κ3) is 4.16. The number of carbonyl (C=O) groups excluding carboxylic acids is 1. The topological polar surface area (TPSA) is 97.8 Å². The number of hydrogen-bond donors (Lipinski definition) is 0. The Balaban J connectivity index is 2.71. The Labute approximate surface area is 120 Å². The molecule has 1 saturated heterocycles. The summed E-state index contributed by atoms with van der Waals surface area (Å²) in [6.07, 6.45) is 0.225. The van der Waals surface area contributed by atoms with Gasteiger partial charge in [0.1, 0.15) is 9.84 Å². The molecule has 1 heterocycles. The van der Waals surface area contributed by atoms with Crippen LogP contribution in [0.5, 0.6) is 0 Å². The molecule has 9 heteroatoms. The molecule has 1 aliphatic heterocycles. The van der Waals surface area contributed by atoms with Crippen LogP contribution in [-0.4, -0.2) is 64.6 Å². The molecule has 1 fully saturated rings. The molecule has 118 valence electrons. The van der Waals surface area contributed by atoms with E-state index >= 15 is 0 Å². The van der Waals surface area contributed by atoms with Crippen LogP contribution in [0, 0.1) is 5.92 Å². The number of carbonyl (C=O) groups is 1. The first kappa shape index (κ1) is 17.4. The smallest absolute Gasteiger partial charge is 0.309 e. The number of sulfone groups is 1. The summed E-state index contributed by atoms with van der Waals surface area (Å²) in [7, 11) is -4.04. The van der Waals surface area contributed by atoms with Crippen LogP contribution in [0.2, 0.25) is 0 Å². The molecule has 1 aliphatic rings. The number of hydrogen-bond acceptors (Lipinski definition) is 6. The Morgan fingerprint density at radius 3 is 2.30 bits per heavy atom. The minimum Gasteiger partial charge on any atom is -0.469 e. The molecule has 0 bridgehead atoms. The molecular formula is C11H21NO6S2. The lowest BCUT2D eigenvalue weighted by atomic mass is 10.2. The fourth-order valence-corrected chi connectivity index (χ4v) is 5.75. The first-order valence-electron chi connectivity index (χ1n) is 6.33. The van der Waals surface area contributed by atoms with Crippen molar-refractivity contribution in [1.82, 2.24) is 4.31 Å². The minimum absolute atomic E-state index is 0.0260. The quantitative estimate of drug-likeness (QED) is 0.639. The summed E-state index contributed by atoms with van der Waals surface area (Å²) in [5, 5.41) is -0.694. The van der Waals surface area contributed by atoms with Gasteiger partial charge in [0.25, 0.3) is 0 Å². The van der Waals surface area contributed by atoms with Crippen molar-refractivity contribution in [2.75, 3.05) is 32.2 Å². The Morgan fingerprint density at radius 1 is 1.35 bits per heavy atom. The van der Waals surface area contributed by atoms with Crippen LogP contribution in [0.3, 0.4) is 0 Å². The second-order valence-electron chi connectivity index (χ2n) is 5.10. The Kier molecular flexibility index (Phi) is 5.56. The lowest BCUT2D eigenvalue weighted by molar-refractivity contribution is -0.144. The van der Waals surface area contributed by atoms with E-state index in [0.29, 0.717) is 0 Å². The van der Waals surface area contributed by atoms with E-state index in [4.69, 9.17) is 0 Å². The number of sulfonamides is 1. The fourth-order valence-electron chi connectivity index (χ4n) is 2.19. The van der Waals surface area contributed by atoms with Gasteiger partial charge >= 0.3 is 5.97 Å². The highest BCUT2D eigenvalue weighted by atomic mass is 32.2. The molecule has 0 radical (unpaired) electrons. The van der Waals surface area contributed by atoms with Crippen molar-refractivity contribution in [3.63, 3.8) is 0 Å². The molecule has 1 atom stereocenters. The van der Waals surface area contributed by atoms with E-state index in [9.17, 15) is 21.6 Å². The van der Waals surface area contributed by atoms with Crippen molar-refractivity contribution >= 4 is 25.8 Å². The summed E-state index contributed by atoms with van der Waals surface area (Å²) in [5.41, 5.74) is 0. The van der Waals surface area contributed by atoms with Gasteiger partial charge in [-0.3, -0.25) is 4.79 Å². The predicted molar refractivity (Wildman–Crippen MR) is 74.4 cm³/mol. The van der Waals surface area contributed by atoms with Crippen LogP contribution in [-0.2, 0) is 29.4 Å². The van der Waals surface area contributed by atoms with Gasteiger partial charge in [-0.25, -0.2) is 21.1 Å². The van der Waals surface area contributed by atoms with Crippen molar-refractivity contribution in [2.24, 2.45) is 5.92 Å². The Bertz CT molecular complexity index is 539. The largest absolute Gasteiger partial charge is 0.469 e. The fraction of sp³-hybridized carbons (Fsp3) is 0.909. The summed E-state index contributed by atoms with van der Waals surface area (Å²) in [4.78, 5) is 11.3. The summed E-state index contributed by atoms with van der Waals surface area (Å²) in [6, 6.07) is 0. The van der Waals surface area contributed by atoms with Gasteiger partial charge in [-0.15, -0.1) is 0 Å². The highest BCUT2D eigenvalue weighted by Gasteiger charge is 2.36. The van der Waals surface area contributed by atoms with E-state index in [0.717, 1.165) is 4.31 Å². The predicted octanol–water partition coefficient (Wildman–Crippen LogP) is -0.366. The van der Waals surface area contributed by atoms with Crippen molar-refractivity contribution < 1.29 is 26.4 Å². The number of nitrogens with zero attached hydrogens (tertiary/aromatic N) is 1. The molecule has 0 saturated carbocycles. The zero-order chi connectivity index (χ0) is 15.6. The summed E-state index contributed by atoms with van der Waals surface area (Å²) < 4.78 is 53.0. The van der Waals surface area contributed by atoms with Crippen molar-refractivity contribution in [2.45, 2.75) is 25.0 Å². The molecule has 0 aromatic carbocycles. The zero-order valence-electron chi connectivity index (χ0n) is 11.9. The second-order valence-corrected chi connectivity index (χ2v) is 9.72. The summed E-state index contributed by atoms with van der Waals surface area (Å²) in [5.74, 6) is -1.24. The molecule has 1 unspecified atom stereocenters. The summed E-state index contributed by atoms with van der Waals surface area (Å²) in [6.45, 7) is 1.61. The number of ether oxygens (including phenoxy) is 1. The van der Waals surface area contributed by atoms with Crippen LogP contribution < -0.4 is 0 Å². The Hall–Kier alpha value is -0.670. The standard InChI is InChI=1S/C11H21NO6S2/c1-9(11(13)18-3)8-12(2)20(16,17)10-4-6-19(14,15)7-5-10/h9-10H,4-8H2,1-3H3. The number of rotatable bonds is 5. The molecule has 20 heavy (non-hydrogen) atoms. The maximum absolute atomic E-state index is 12.3. The molecule has 0 amide bonds. The lowest BCUT2D eigenvalue weighted by Crippen LogP contribution is -2.43. The molecule has 1 rings (SSSR count). The molecular weight excluding hydrogens is 306 g/mol. The molecule has 0 aromatic heterocycles. The average Bonchev–Trinajstić information content (AvgIpc) is 2.36. The van der Waals surface area contributed by atoms with Crippen LogP contribution in [0.1, 0.15) is 19.8 Å².